The Morgan fingerprint density at radius 3 is 2.57 bits per heavy atom. The lowest BCUT2D eigenvalue weighted by atomic mass is 10.1. The van der Waals surface area contributed by atoms with E-state index in [1.807, 2.05) is 0 Å². The number of thiol groups is 1. The summed E-state index contributed by atoms with van der Waals surface area (Å²) in [6, 6.07) is 2.86. The number of hydrogen-bond acceptors (Lipinski definition) is 6. The number of rotatable bonds is 9. The van der Waals surface area contributed by atoms with E-state index < -0.39 is 8.53 Å². The van der Waals surface area contributed by atoms with Gasteiger partial charge in [0.25, 0.3) is 8.53 Å². The molecule has 5 unspecified atom stereocenters. The van der Waals surface area contributed by atoms with Crippen LogP contribution in [0.1, 0.15) is 53.9 Å². The van der Waals surface area contributed by atoms with E-state index in [-0.39, 0.29) is 4.75 Å². The molecule has 2 fully saturated rings. The van der Waals surface area contributed by atoms with Gasteiger partial charge in [-0.25, -0.2) is 4.67 Å². The smallest absolute Gasteiger partial charge is 0.259 e. The summed E-state index contributed by atoms with van der Waals surface area (Å²) in [6.07, 6.45) is 3.15. The lowest BCUT2D eigenvalue weighted by Gasteiger charge is -2.36. The van der Waals surface area contributed by atoms with Crippen LogP contribution in [0, 0.1) is 23.2 Å². The largest absolute Gasteiger partial charge is 0.321 e. The van der Waals surface area contributed by atoms with Gasteiger partial charge in [-0.3, -0.25) is 0 Å². The topological polar surface area (TPSA) is 45.5 Å². The van der Waals surface area contributed by atoms with Crippen molar-refractivity contribution in [3.05, 3.63) is 0 Å². The number of nitrogens with zero attached hydrogens (tertiary/aromatic N) is 2. The van der Waals surface area contributed by atoms with Gasteiger partial charge in [0.1, 0.15) is 0 Å². The maximum atomic E-state index is 8.77. The first-order valence-electron chi connectivity index (χ1n) is 8.43. The molecule has 0 aliphatic heterocycles. The van der Waals surface area contributed by atoms with E-state index in [9.17, 15) is 0 Å². The summed E-state index contributed by atoms with van der Waals surface area (Å²) >= 11 is 4.48. The molecule has 0 spiro atoms. The molecule has 0 aromatic heterocycles. The van der Waals surface area contributed by atoms with Gasteiger partial charge in [0.2, 0.25) is 0 Å². The van der Waals surface area contributed by atoms with Crippen LogP contribution in [0.15, 0.2) is 0 Å². The van der Waals surface area contributed by atoms with Gasteiger partial charge >= 0.3 is 0 Å². The van der Waals surface area contributed by atoms with E-state index >= 15 is 0 Å². The zero-order chi connectivity index (χ0) is 17.2. The highest BCUT2D eigenvalue weighted by Crippen LogP contribution is 2.67. The maximum absolute atomic E-state index is 8.77. The lowest BCUT2D eigenvalue weighted by Crippen LogP contribution is -2.34. The molecule has 0 saturated heterocycles. The fraction of sp³-hybridized carbons (Fsp3) is 0.938. The second-order valence-corrected chi connectivity index (χ2v) is 10.3. The van der Waals surface area contributed by atoms with Gasteiger partial charge in [-0.05, 0) is 53.4 Å². The van der Waals surface area contributed by atoms with E-state index in [0.29, 0.717) is 43.1 Å². The van der Waals surface area contributed by atoms with Gasteiger partial charge in [0.05, 0.1) is 25.2 Å². The second-order valence-electron chi connectivity index (χ2n) is 7.25. The number of fused-ring (bicyclic) bond motifs is 1. The summed E-state index contributed by atoms with van der Waals surface area (Å²) < 4.78 is 15.0. The Hall–Kier alpha value is 0.500. The third kappa shape index (κ3) is 4.37. The van der Waals surface area contributed by atoms with Gasteiger partial charge in [-0.15, -0.1) is 11.7 Å². The average molecular weight is 377 g/mol. The van der Waals surface area contributed by atoms with Gasteiger partial charge in [-0.2, -0.15) is 5.26 Å². The van der Waals surface area contributed by atoms with Crippen LogP contribution in [-0.4, -0.2) is 34.2 Å². The predicted octanol–water partition coefficient (Wildman–Crippen LogP) is 5.02. The molecule has 2 aliphatic carbocycles. The van der Waals surface area contributed by atoms with Crippen molar-refractivity contribution in [2.24, 2.45) is 11.8 Å². The van der Waals surface area contributed by atoms with E-state index in [4.69, 9.17) is 14.3 Å². The summed E-state index contributed by atoms with van der Waals surface area (Å²) in [4.78, 5) is 0. The Morgan fingerprint density at radius 1 is 1.39 bits per heavy atom. The normalized spacial score (nSPS) is 34.0. The standard InChI is InChI=1S/C16H29N2O2PS2/c1-11(2)18(12(3)4)21(19-10-6-9-17)20-15-13-7-8-16(5,23-22)14(13)15/h11-15,22H,6-8,10H2,1-5H3. The molecule has 0 radical (unpaired) electrons. The van der Waals surface area contributed by atoms with Crippen LogP contribution >= 0.6 is 31.0 Å². The molecular weight excluding hydrogens is 347 g/mol. The molecule has 0 aromatic rings. The Morgan fingerprint density at radius 2 is 2.04 bits per heavy atom. The summed E-state index contributed by atoms with van der Waals surface area (Å²) in [5.74, 6) is 1.25. The molecule has 0 bridgehead atoms. The highest BCUT2D eigenvalue weighted by molar-refractivity contribution is 8.69. The van der Waals surface area contributed by atoms with Crippen LogP contribution < -0.4 is 0 Å². The molecule has 2 aliphatic rings. The monoisotopic (exact) mass is 376 g/mol. The van der Waals surface area contributed by atoms with Crippen molar-refractivity contribution in [2.45, 2.75) is 76.8 Å². The van der Waals surface area contributed by atoms with Crippen molar-refractivity contribution in [3.8, 4) is 6.07 Å². The molecule has 23 heavy (non-hydrogen) atoms. The van der Waals surface area contributed by atoms with E-state index in [1.54, 1.807) is 10.8 Å². The molecule has 132 valence electrons. The van der Waals surface area contributed by atoms with Gasteiger partial charge in [0.15, 0.2) is 0 Å². The summed E-state index contributed by atoms with van der Waals surface area (Å²) in [5, 5.41) is 8.77. The first kappa shape index (κ1) is 19.8. The van der Waals surface area contributed by atoms with Gasteiger partial charge < -0.3 is 9.05 Å². The first-order valence-corrected chi connectivity index (χ1v) is 11.4. The highest BCUT2D eigenvalue weighted by Gasteiger charge is 2.65. The van der Waals surface area contributed by atoms with E-state index in [2.05, 4.69) is 57.0 Å². The molecule has 0 amide bonds. The maximum Gasteiger partial charge on any atom is 0.259 e. The van der Waals surface area contributed by atoms with Crippen LogP contribution in [0.25, 0.3) is 0 Å². The minimum atomic E-state index is -1.12. The molecule has 2 rings (SSSR count). The average Bonchev–Trinajstić information content (AvgIpc) is 3.06. The third-order valence-electron chi connectivity index (χ3n) is 4.86. The van der Waals surface area contributed by atoms with Crippen LogP contribution in [0.2, 0.25) is 0 Å². The molecule has 5 atom stereocenters. The van der Waals surface area contributed by atoms with Crippen molar-refractivity contribution in [1.82, 2.24) is 4.67 Å². The molecule has 7 heteroatoms. The molecule has 0 N–H and O–H groups in total. The number of hydrogen-bond donors (Lipinski definition) is 1. The lowest BCUT2D eigenvalue weighted by molar-refractivity contribution is 0.155. The zero-order valence-corrected chi connectivity index (χ0v) is 17.3. The first-order chi connectivity index (χ1) is 10.9. The Bertz CT molecular complexity index is 438. The molecule has 0 heterocycles. The van der Waals surface area contributed by atoms with Crippen molar-refractivity contribution >= 4 is 31.0 Å². The van der Waals surface area contributed by atoms with Crippen molar-refractivity contribution in [3.63, 3.8) is 0 Å². The molecular formula is C16H29N2O2PS2. The zero-order valence-electron chi connectivity index (χ0n) is 14.7. The molecule has 2 saturated carbocycles. The van der Waals surface area contributed by atoms with Crippen LogP contribution in [0.4, 0.5) is 0 Å². The summed E-state index contributed by atoms with van der Waals surface area (Å²) in [6.45, 7) is 11.4. The highest BCUT2D eigenvalue weighted by atomic mass is 33.1. The Kier molecular flexibility index (Phi) is 7.11. The van der Waals surface area contributed by atoms with Crippen molar-refractivity contribution in [1.29, 1.82) is 5.26 Å². The summed E-state index contributed by atoms with van der Waals surface area (Å²) in [7, 11) is 0.567. The fourth-order valence-corrected chi connectivity index (χ4v) is 6.83. The molecule has 4 nitrogen and oxygen atoms in total. The van der Waals surface area contributed by atoms with Crippen LogP contribution in [-0.2, 0) is 9.05 Å². The summed E-state index contributed by atoms with van der Waals surface area (Å²) in [5.41, 5.74) is 0. The quantitative estimate of drug-likeness (QED) is 0.265. The van der Waals surface area contributed by atoms with Crippen molar-refractivity contribution < 1.29 is 9.05 Å². The van der Waals surface area contributed by atoms with Gasteiger partial charge in [0, 0.05) is 22.7 Å². The van der Waals surface area contributed by atoms with Gasteiger partial charge in [-0.1, -0.05) is 10.8 Å². The van der Waals surface area contributed by atoms with E-state index in [1.165, 1.54) is 12.8 Å². The van der Waals surface area contributed by atoms with E-state index in [0.717, 1.165) is 0 Å². The SMILES string of the molecule is CC(C)N(C(C)C)P(OCCC#N)OC1C2CCC(C)(SS)C21. The minimum absolute atomic E-state index is 0.229. The fourth-order valence-electron chi connectivity index (χ4n) is 3.76. The Labute approximate surface area is 151 Å². The van der Waals surface area contributed by atoms with Crippen LogP contribution in [0.3, 0.4) is 0 Å². The molecule has 0 aromatic carbocycles. The third-order valence-corrected chi connectivity index (χ3v) is 9.13. The van der Waals surface area contributed by atoms with Crippen molar-refractivity contribution in [2.75, 3.05) is 6.61 Å². The van der Waals surface area contributed by atoms with Crippen LogP contribution in [0.5, 0.6) is 0 Å². The second kappa shape index (κ2) is 8.25. The minimum Gasteiger partial charge on any atom is -0.321 e. The predicted molar refractivity (Wildman–Crippen MR) is 101 cm³/mol. The Balaban J connectivity index is 2.03. The number of nitriles is 1.